The number of sulfonamides is 1. The van der Waals surface area contributed by atoms with Crippen molar-refractivity contribution in [3.8, 4) is 17.4 Å². The van der Waals surface area contributed by atoms with E-state index in [1.807, 2.05) is 19.9 Å². The third-order valence-electron chi connectivity index (χ3n) is 4.98. The summed E-state index contributed by atoms with van der Waals surface area (Å²) >= 11 is 0. The van der Waals surface area contributed by atoms with E-state index in [0.29, 0.717) is 39.8 Å². The van der Waals surface area contributed by atoms with Crippen LogP contribution >= 0.6 is 0 Å². The lowest BCUT2D eigenvalue weighted by atomic mass is 10.2. The monoisotopic (exact) mass is 476 g/mol. The first-order chi connectivity index (χ1) is 16.4. The van der Waals surface area contributed by atoms with E-state index in [2.05, 4.69) is 24.9 Å². The van der Waals surface area contributed by atoms with Crippen LogP contribution in [0.25, 0.3) is 16.8 Å². The number of aryl methyl sites for hydroxylation is 2. The van der Waals surface area contributed by atoms with E-state index < -0.39 is 10.0 Å². The van der Waals surface area contributed by atoms with Crippen molar-refractivity contribution >= 4 is 26.7 Å². The second-order valence-corrected chi connectivity index (χ2v) is 9.39. The van der Waals surface area contributed by atoms with E-state index >= 15 is 0 Å². The Bertz CT molecular complexity index is 1570. The van der Waals surface area contributed by atoms with Gasteiger partial charge in [0.25, 0.3) is 0 Å². The molecule has 3 heterocycles. The highest BCUT2D eigenvalue weighted by Crippen LogP contribution is 2.24. The molecule has 0 fully saturated rings. The normalized spacial score (nSPS) is 11.6. The number of ether oxygens (including phenoxy) is 1. The molecule has 2 aromatic carbocycles. The maximum absolute atomic E-state index is 12.6. The molecule has 0 aliphatic heterocycles. The molecule has 0 spiro atoms. The molecule has 0 unspecified atom stereocenters. The van der Waals surface area contributed by atoms with Crippen molar-refractivity contribution in [2.45, 2.75) is 19.6 Å². The highest BCUT2D eigenvalue weighted by molar-refractivity contribution is 7.91. The van der Waals surface area contributed by atoms with Gasteiger partial charge in [-0.25, -0.2) is 23.1 Å². The molecular formula is C23H20N6O4S. The van der Waals surface area contributed by atoms with Gasteiger partial charge >= 0.3 is 0 Å². The van der Waals surface area contributed by atoms with Crippen molar-refractivity contribution in [1.82, 2.24) is 24.9 Å². The van der Waals surface area contributed by atoms with Gasteiger partial charge in [0.2, 0.25) is 15.9 Å². The Morgan fingerprint density at radius 1 is 1.03 bits per heavy atom. The van der Waals surface area contributed by atoms with Crippen LogP contribution in [0.5, 0.6) is 11.6 Å². The van der Waals surface area contributed by atoms with Gasteiger partial charge in [0.05, 0.1) is 5.69 Å². The Hall–Kier alpha value is -4.25. The largest absolute Gasteiger partial charge is 0.439 e. The van der Waals surface area contributed by atoms with Crippen LogP contribution < -0.4 is 9.46 Å². The molecule has 172 valence electrons. The maximum Gasteiger partial charge on any atom is 0.238 e. The van der Waals surface area contributed by atoms with Gasteiger partial charge in [-0.2, -0.15) is 5.10 Å². The molecule has 34 heavy (non-hydrogen) atoms. The van der Waals surface area contributed by atoms with Crippen molar-refractivity contribution in [1.29, 1.82) is 0 Å². The van der Waals surface area contributed by atoms with E-state index in [-0.39, 0.29) is 5.75 Å². The fourth-order valence-corrected chi connectivity index (χ4v) is 4.65. The molecule has 0 atom stereocenters. The number of nitrogens with one attached hydrogen (secondary N) is 1. The number of benzene rings is 2. The molecule has 11 heteroatoms. The van der Waals surface area contributed by atoms with Crippen molar-refractivity contribution in [3.63, 3.8) is 0 Å². The molecule has 3 aromatic heterocycles. The van der Waals surface area contributed by atoms with Crippen LogP contribution in [0.2, 0.25) is 0 Å². The Morgan fingerprint density at radius 2 is 1.82 bits per heavy atom. The SMILES string of the molecule is Cc1cc(C)n(-c2cc(Oc3ccc(NS(=O)(=O)Cc4noc5ccccc45)cc3)ncn2)n1. The van der Waals surface area contributed by atoms with Crippen LogP contribution in [-0.2, 0) is 15.8 Å². The van der Waals surface area contributed by atoms with Gasteiger partial charge in [-0.1, -0.05) is 17.3 Å². The van der Waals surface area contributed by atoms with E-state index in [1.165, 1.54) is 6.33 Å². The molecule has 0 aliphatic carbocycles. The molecule has 0 radical (unpaired) electrons. The predicted molar refractivity (Wildman–Crippen MR) is 125 cm³/mol. The first-order valence-electron chi connectivity index (χ1n) is 10.3. The number of rotatable bonds is 7. The second kappa shape index (κ2) is 8.60. The average Bonchev–Trinajstić information content (AvgIpc) is 3.37. The Balaban J connectivity index is 1.28. The highest BCUT2D eigenvalue weighted by atomic mass is 32.2. The zero-order valence-electron chi connectivity index (χ0n) is 18.3. The molecule has 5 aromatic rings. The van der Waals surface area contributed by atoms with Gasteiger partial charge in [-0.15, -0.1) is 0 Å². The smallest absolute Gasteiger partial charge is 0.238 e. The van der Waals surface area contributed by atoms with Gasteiger partial charge in [0, 0.05) is 22.8 Å². The molecular weight excluding hydrogens is 456 g/mol. The molecule has 1 N–H and O–H groups in total. The first kappa shape index (κ1) is 21.6. The summed E-state index contributed by atoms with van der Waals surface area (Å²) in [7, 11) is -3.70. The van der Waals surface area contributed by atoms with Gasteiger partial charge in [0.1, 0.15) is 23.5 Å². The van der Waals surface area contributed by atoms with Crippen LogP contribution in [0.4, 0.5) is 5.69 Å². The fourth-order valence-electron chi connectivity index (χ4n) is 3.51. The number of hydrogen-bond acceptors (Lipinski definition) is 8. The third kappa shape index (κ3) is 4.59. The number of aromatic nitrogens is 5. The number of anilines is 1. The standard InChI is InChI=1S/C23H20N6O4S/c1-15-11-16(2)29(26-15)22-12-23(25-14-24-22)32-18-9-7-17(8-10-18)28-34(30,31)13-20-19-5-3-4-6-21(19)33-27-20/h3-12,14,28H,13H2,1-2H3. The number of hydrogen-bond donors (Lipinski definition) is 1. The lowest BCUT2D eigenvalue weighted by Gasteiger charge is -2.09. The summed E-state index contributed by atoms with van der Waals surface area (Å²) in [5, 5.41) is 8.97. The zero-order valence-corrected chi connectivity index (χ0v) is 19.2. The van der Waals surface area contributed by atoms with E-state index in [4.69, 9.17) is 9.26 Å². The third-order valence-corrected chi connectivity index (χ3v) is 6.18. The van der Waals surface area contributed by atoms with E-state index in [0.717, 1.165) is 11.4 Å². The summed E-state index contributed by atoms with van der Waals surface area (Å²) in [4.78, 5) is 8.39. The number of para-hydroxylation sites is 1. The minimum atomic E-state index is -3.70. The maximum atomic E-state index is 12.6. The molecule has 5 rings (SSSR count). The van der Waals surface area contributed by atoms with Crippen molar-refractivity contribution in [3.05, 3.63) is 84.1 Å². The summed E-state index contributed by atoms with van der Waals surface area (Å²) in [5.41, 5.74) is 3.11. The van der Waals surface area contributed by atoms with Crippen LogP contribution in [0, 0.1) is 13.8 Å². The Morgan fingerprint density at radius 3 is 2.59 bits per heavy atom. The summed E-state index contributed by atoms with van der Waals surface area (Å²) in [6, 6.07) is 17.3. The van der Waals surface area contributed by atoms with Crippen LogP contribution in [0.15, 0.2) is 71.5 Å². The topological polar surface area (TPSA) is 125 Å². The Kier molecular flexibility index (Phi) is 5.46. The zero-order chi connectivity index (χ0) is 23.7. The van der Waals surface area contributed by atoms with Gasteiger partial charge in [-0.3, -0.25) is 4.72 Å². The quantitative estimate of drug-likeness (QED) is 0.371. The van der Waals surface area contributed by atoms with Crippen molar-refractivity contribution in [2.75, 3.05) is 4.72 Å². The first-order valence-corrected chi connectivity index (χ1v) is 12.0. The minimum Gasteiger partial charge on any atom is -0.439 e. The average molecular weight is 477 g/mol. The molecule has 0 saturated carbocycles. The van der Waals surface area contributed by atoms with Crippen molar-refractivity contribution in [2.24, 2.45) is 0 Å². The van der Waals surface area contributed by atoms with Gasteiger partial charge in [-0.05, 0) is 56.3 Å². The van der Waals surface area contributed by atoms with E-state index in [1.54, 1.807) is 59.3 Å². The second-order valence-electron chi connectivity index (χ2n) is 7.67. The summed E-state index contributed by atoms with van der Waals surface area (Å²) in [5.74, 6) is 1.10. The number of nitrogens with zero attached hydrogens (tertiary/aromatic N) is 5. The van der Waals surface area contributed by atoms with Crippen LogP contribution in [-0.4, -0.2) is 33.3 Å². The van der Waals surface area contributed by atoms with Crippen LogP contribution in [0.1, 0.15) is 17.1 Å². The van der Waals surface area contributed by atoms with Crippen molar-refractivity contribution < 1.29 is 17.7 Å². The minimum absolute atomic E-state index is 0.307. The highest BCUT2D eigenvalue weighted by Gasteiger charge is 2.18. The van der Waals surface area contributed by atoms with Gasteiger partial charge in [0.15, 0.2) is 11.4 Å². The molecule has 10 nitrogen and oxygen atoms in total. The lowest BCUT2D eigenvalue weighted by Crippen LogP contribution is -2.15. The Labute approximate surface area is 195 Å². The fraction of sp³-hybridized carbons (Fsp3) is 0.130. The van der Waals surface area contributed by atoms with Gasteiger partial charge < -0.3 is 9.26 Å². The molecule has 0 aliphatic rings. The predicted octanol–water partition coefficient (Wildman–Crippen LogP) is 4.15. The summed E-state index contributed by atoms with van der Waals surface area (Å²) < 4.78 is 40.5. The molecule has 0 bridgehead atoms. The number of fused-ring (bicyclic) bond motifs is 1. The summed E-state index contributed by atoms with van der Waals surface area (Å²) in [6.07, 6.45) is 1.40. The van der Waals surface area contributed by atoms with Crippen LogP contribution in [0.3, 0.4) is 0 Å². The molecule has 0 saturated heterocycles. The lowest BCUT2D eigenvalue weighted by molar-refractivity contribution is 0.448. The molecule has 0 amide bonds. The van der Waals surface area contributed by atoms with E-state index in [9.17, 15) is 8.42 Å². The summed E-state index contributed by atoms with van der Waals surface area (Å²) in [6.45, 7) is 3.85.